The molecule has 0 atom stereocenters. The van der Waals surface area contributed by atoms with Crippen molar-refractivity contribution >= 4 is 32.3 Å². The molecule has 0 aliphatic rings. The van der Waals surface area contributed by atoms with Crippen molar-refractivity contribution in [3.05, 3.63) is 91.3 Å². The first-order valence-corrected chi connectivity index (χ1v) is 8.98. The molecule has 27 heavy (non-hydrogen) atoms. The number of aromatic nitrogens is 2. The topological polar surface area (TPSA) is 46.0 Å². The number of phenolic OH excluding ortho intramolecular Hbond substituents is 1. The Kier molecular flexibility index (Phi) is 6.30. The Hall–Kier alpha value is -2.59. The molecule has 5 rings (SSSR count). The van der Waals surface area contributed by atoms with Gasteiger partial charge >= 0.3 is 0 Å². The molecular formula is C22H15IrN2OS-. The van der Waals surface area contributed by atoms with Gasteiger partial charge < -0.3 is 10.1 Å². The first-order valence-electron chi connectivity index (χ1n) is 8.16. The van der Waals surface area contributed by atoms with Gasteiger partial charge in [0.15, 0.2) is 0 Å². The van der Waals surface area contributed by atoms with Gasteiger partial charge in [0.25, 0.3) is 0 Å². The summed E-state index contributed by atoms with van der Waals surface area (Å²) in [5.74, 6) is 0.239. The summed E-state index contributed by atoms with van der Waals surface area (Å²) >= 11 is 1.73. The van der Waals surface area contributed by atoms with E-state index in [0.717, 1.165) is 16.0 Å². The van der Waals surface area contributed by atoms with Gasteiger partial charge in [0.1, 0.15) is 11.3 Å². The molecule has 3 heterocycles. The van der Waals surface area contributed by atoms with Crippen molar-refractivity contribution in [2.75, 3.05) is 0 Å². The van der Waals surface area contributed by atoms with E-state index in [1.807, 2.05) is 48.7 Å². The molecular weight excluding hydrogens is 533 g/mol. The van der Waals surface area contributed by atoms with Gasteiger partial charge in [-0.05, 0) is 27.8 Å². The molecule has 5 heteroatoms. The zero-order valence-corrected chi connectivity index (χ0v) is 17.4. The molecule has 1 radical (unpaired) electrons. The second-order valence-corrected chi connectivity index (χ2v) is 6.67. The van der Waals surface area contributed by atoms with E-state index >= 15 is 0 Å². The molecule has 1 N–H and O–H groups in total. The number of pyridine rings is 2. The summed E-state index contributed by atoms with van der Waals surface area (Å²) in [5.41, 5.74) is 1.66. The largest absolute Gasteiger partial charge is 0.506 e. The fraction of sp³-hybridized carbons (Fsp3) is 0. The van der Waals surface area contributed by atoms with Crippen molar-refractivity contribution in [3.8, 4) is 16.3 Å². The van der Waals surface area contributed by atoms with Crippen LogP contribution in [-0.2, 0) is 20.1 Å². The molecule has 0 bridgehead atoms. The van der Waals surface area contributed by atoms with Gasteiger partial charge in [-0.1, -0.05) is 42.5 Å². The van der Waals surface area contributed by atoms with E-state index < -0.39 is 0 Å². The summed E-state index contributed by atoms with van der Waals surface area (Å²) in [6.45, 7) is 0. The number of fused-ring (bicyclic) bond motifs is 2. The second-order valence-electron chi connectivity index (χ2n) is 5.62. The first kappa shape index (κ1) is 19.2. The molecule has 0 saturated carbocycles. The van der Waals surface area contributed by atoms with E-state index in [2.05, 4.69) is 34.2 Å². The normalized spacial score (nSPS) is 10.1. The number of rotatable bonds is 1. The average molecular weight is 548 g/mol. The molecule has 0 aliphatic heterocycles. The molecule has 0 unspecified atom stereocenters. The van der Waals surface area contributed by atoms with E-state index in [1.54, 1.807) is 29.7 Å². The minimum absolute atomic E-state index is 0. The van der Waals surface area contributed by atoms with Crippen LogP contribution in [0.25, 0.3) is 31.6 Å². The van der Waals surface area contributed by atoms with Gasteiger partial charge in [0.05, 0.1) is 0 Å². The Bertz CT molecular complexity index is 1120. The van der Waals surface area contributed by atoms with Crippen LogP contribution < -0.4 is 0 Å². The van der Waals surface area contributed by atoms with Gasteiger partial charge in [-0.2, -0.15) is 0 Å². The number of para-hydroxylation sites is 1. The molecule has 0 spiro atoms. The molecule has 5 aromatic rings. The maximum absolute atomic E-state index is 9.31. The fourth-order valence-corrected chi connectivity index (χ4v) is 3.60. The zero-order valence-electron chi connectivity index (χ0n) is 14.2. The van der Waals surface area contributed by atoms with Crippen LogP contribution in [0.5, 0.6) is 5.75 Å². The van der Waals surface area contributed by atoms with Gasteiger partial charge in [0.2, 0.25) is 0 Å². The summed E-state index contributed by atoms with van der Waals surface area (Å²) in [6.07, 6.45) is 3.48. The van der Waals surface area contributed by atoms with E-state index in [1.165, 1.54) is 10.1 Å². The molecule has 0 saturated heterocycles. The van der Waals surface area contributed by atoms with E-state index in [-0.39, 0.29) is 25.9 Å². The molecule has 0 aliphatic carbocycles. The number of benzene rings is 2. The molecule has 135 valence electrons. The number of thiophene rings is 1. The quantitative estimate of drug-likeness (QED) is 0.274. The Morgan fingerprint density at radius 2 is 1.56 bits per heavy atom. The van der Waals surface area contributed by atoms with Gasteiger partial charge in [-0.15, -0.1) is 23.6 Å². The number of aromatic hydroxyl groups is 1. The Labute approximate surface area is 174 Å². The third-order valence-corrected chi connectivity index (χ3v) is 4.95. The number of nitrogens with zero attached hydrogens (tertiary/aromatic N) is 2. The zero-order chi connectivity index (χ0) is 17.8. The van der Waals surface area contributed by atoms with Crippen LogP contribution in [0.15, 0.2) is 85.2 Å². The van der Waals surface area contributed by atoms with Crippen LogP contribution >= 0.6 is 11.3 Å². The van der Waals surface area contributed by atoms with Gasteiger partial charge in [0, 0.05) is 43.6 Å². The predicted octanol–water partition coefficient (Wildman–Crippen LogP) is 5.70. The predicted molar refractivity (Wildman–Crippen MR) is 107 cm³/mol. The van der Waals surface area contributed by atoms with E-state index in [4.69, 9.17) is 0 Å². The minimum atomic E-state index is 0. The summed E-state index contributed by atoms with van der Waals surface area (Å²) in [6, 6.07) is 26.7. The monoisotopic (exact) mass is 548 g/mol. The average Bonchev–Trinajstić information content (AvgIpc) is 3.14. The van der Waals surface area contributed by atoms with Crippen LogP contribution in [0.3, 0.4) is 0 Å². The third kappa shape index (κ3) is 4.40. The number of hydrogen-bond acceptors (Lipinski definition) is 4. The standard InChI is InChI=1S/C13H8NS.C9H7NO.Ir/c1-2-7-12-10(5-1)9-13(15-12)11-6-3-4-8-14-11;11-8-5-1-3-7-4-2-6-10-9(7)8;/h1-8H;1-6,11H;/q-1;;. The number of hydrogen-bond donors (Lipinski definition) is 1. The van der Waals surface area contributed by atoms with Gasteiger partial charge in [-0.3, -0.25) is 4.98 Å². The van der Waals surface area contributed by atoms with Crippen molar-refractivity contribution in [3.63, 3.8) is 0 Å². The van der Waals surface area contributed by atoms with Crippen molar-refractivity contribution in [1.82, 2.24) is 9.97 Å². The third-order valence-electron chi connectivity index (χ3n) is 3.86. The maximum Gasteiger partial charge on any atom is 0.141 e. The van der Waals surface area contributed by atoms with Crippen LogP contribution in [0.4, 0.5) is 0 Å². The first-order chi connectivity index (χ1) is 12.8. The molecule has 3 aromatic heterocycles. The summed E-state index contributed by atoms with van der Waals surface area (Å²) < 4.78 is 1.26. The van der Waals surface area contributed by atoms with Crippen LogP contribution in [-0.4, -0.2) is 15.1 Å². The summed E-state index contributed by atoms with van der Waals surface area (Å²) in [4.78, 5) is 9.46. The molecule has 3 nitrogen and oxygen atoms in total. The Morgan fingerprint density at radius 1 is 0.778 bits per heavy atom. The fourth-order valence-electron chi connectivity index (χ4n) is 2.62. The smallest absolute Gasteiger partial charge is 0.141 e. The number of phenols is 1. The van der Waals surface area contributed by atoms with Crippen LogP contribution in [0, 0.1) is 6.07 Å². The van der Waals surface area contributed by atoms with Crippen molar-refractivity contribution in [2.24, 2.45) is 0 Å². The Balaban J connectivity index is 0.000000157. The van der Waals surface area contributed by atoms with E-state index in [9.17, 15) is 5.11 Å². The summed E-state index contributed by atoms with van der Waals surface area (Å²) in [5, 5.41) is 11.4. The van der Waals surface area contributed by atoms with Crippen LogP contribution in [0.2, 0.25) is 0 Å². The van der Waals surface area contributed by atoms with Crippen molar-refractivity contribution in [1.29, 1.82) is 0 Å². The van der Waals surface area contributed by atoms with E-state index in [0.29, 0.717) is 5.52 Å². The second kappa shape index (κ2) is 8.87. The van der Waals surface area contributed by atoms with Crippen molar-refractivity contribution < 1.29 is 25.2 Å². The molecule has 0 fully saturated rings. The van der Waals surface area contributed by atoms with Crippen molar-refractivity contribution in [2.45, 2.75) is 0 Å². The SMILES string of the molecule is Oc1cccc2cccnc12.[Ir].[c-]1c(-c2ccccn2)sc2ccccc12. The Morgan fingerprint density at radius 3 is 2.33 bits per heavy atom. The minimum Gasteiger partial charge on any atom is -0.506 e. The molecule has 0 amide bonds. The molecule has 2 aromatic carbocycles. The van der Waals surface area contributed by atoms with Gasteiger partial charge in [-0.25, -0.2) is 11.3 Å². The van der Waals surface area contributed by atoms with Crippen LogP contribution in [0.1, 0.15) is 0 Å². The maximum atomic E-state index is 9.31. The summed E-state index contributed by atoms with van der Waals surface area (Å²) in [7, 11) is 0.